The lowest BCUT2D eigenvalue weighted by Gasteiger charge is -2.22. The molecule has 0 aromatic carbocycles. The quantitative estimate of drug-likeness (QED) is 0.927. The Morgan fingerprint density at radius 2 is 2.00 bits per heavy atom. The third-order valence-electron chi connectivity index (χ3n) is 4.07. The summed E-state index contributed by atoms with van der Waals surface area (Å²) in [5, 5.41) is 3.60. The predicted molar refractivity (Wildman–Crippen MR) is 87.1 cm³/mol. The molecule has 2 rings (SSSR count). The van der Waals surface area contributed by atoms with Crippen LogP contribution in [0.4, 0.5) is 5.00 Å². The lowest BCUT2D eigenvalue weighted by Crippen LogP contribution is -2.32. The summed E-state index contributed by atoms with van der Waals surface area (Å²) in [6.07, 6.45) is 3.06. The number of rotatable bonds is 4. The molecular weight excluding hydrogens is 284 g/mol. The summed E-state index contributed by atoms with van der Waals surface area (Å²) in [7, 11) is 0. The Balaban J connectivity index is 2.45. The Kier molecular flexibility index (Phi) is 5.04. The number of nitrogens with zero attached hydrogens (tertiary/aromatic N) is 1. The van der Waals surface area contributed by atoms with Crippen molar-refractivity contribution in [1.29, 1.82) is 0 Å². The van der Waals surface area contributed by atoms with Gasteiger partial charge in [-0.25, -0.2) is 0 Å². The molecule has 5 heteroatoms. The van der Waals surface area contributed by atoms with E-state index in [9.17, 15) is 9.59 Å². The molecule has 1 aliphatic rings. The van der Waals surface area contributed by atoms with E-state index in [1.807, 2.05) is 18.7 Å². The Morgan fingerprint density at radius 3 is 2.57 bits per heavy atom. The third kappa shape index (κ3) is 3.28. The van der Waals surface area contributed by atoms with Gasteiger partial charge >= 0.3 is 0 Å². The monoisotopic (exact) mass is 308 g/mol. The van der Waals surface area contributed by atoms with Crippen molar-refractivity contribution in [2.45, 2.75) is 47.0 Å². The van der Waals surface area contributed by atoms with Gasteiger partial charge in [0.1, 0.15) is 5.00 Å². The van der Waals surface area contributed by atoms with Crippen LogP contribution < -0.4 is 5.32 Å². The van der Waals surface area contributed by atoms with Gasteiger partial charge in [0.2, 0.25) is 5.91 Å². The van der Waals surface area contributed by atoms with E-state index in [1.54, 1.807) is 11.3 Å². The predicted octanol–water partition coefficient (Wildman–Crippen LogP) is 3.31. The Morgan fingerprint density at radius 1 is 1.33 bits per heavy atom. The lowest BCUT2D eigenvalue weighted by molar-refractivity contribution is -0.114. The van der Waals surface area contributed by atoms with E-state index in [1.165, 1.54) is 17.4 Å². The molecule has 0 saturated heterocycles. The first kappa shape index (κ1) is 16.0. The molecule has 1 aromatic rings. The Hall–Kier alpha value is -1.36. The van der Waals surface area contributed by atoms with Crippen molar-refractivity contribution >= 4 is 28.2 Å². The van der Waals surface area contributed by atoms with Gasteiger partial charge in [0.15, 0.2) is 0 Å². The highest BCUT2D eigenvalue weighted by atomic mass is 32.1. The SMILES string of the molecule is CCN(CC)C(=O)c1c(NC(C)=O)sc2c1CCC(C)C2. The standard InChI is InChI=1S/C16H24N2O2S/c1-5-18(6-2)16(20)14-12-8-7-10(3)9-13(12)21-15(14)17-11(4)19/h10H,5-9H2,1-4H3,(H,17,19). The van der Waals surface area contributed by atoms with Crippen LogP contribution >= 0.6 is 11.3 Å². The van der Waals surface area contributed by atoms with Crippen LogP contribution in [-0.4, -0.2) is 29.8 Å². The van der Waals surface area contributed by atoms with Crippen molar-refractivity contribution in [3.63, 3.8) is 0 Å². The zero-order chi connectivity index (χ0) is 15.6. The van der Waals surface area contributed by atoms with Gasteiger partial charge in [-0.3, -0.25) is 9.59 Å². The maximum Gasteiger partial charge on any atom is 0.257 e. The van der Waals surface area contributed by atoms with Gasteiger partial charge in [-0.05, 0) is 44.6 Å². The summed E-state index contributed by atoms with van der Waals surface area (Å²) in [6, 6.07) is 0. The summed E-state index contributed by atoms with van der Waals surface area (Å²) < 4.78 is 0. The van der Waals surface area contributed by atoms with Crippen LogP contribution in [0.1, 0.15) is 54.9 Å². The third-order valence-corrected chi connectivity index (χ3v) is 5.24. The van der Waals surface area contributed by atoms with E-state index in [-0.39, 0.29) is 11.8 Å². The zero-order valence-corrected chi connectivity index (χ0v) is 14.1. The second-order valence-electron chi connectivity index (χ2n) is 5.71. The van der Waals surface area contributed by atoms with Crippen LogP contribution in [0, 0.1) is 5.92 Å². The number of carbonyl (C=O) groups is 2. The number of carbonyl (C=O) groups excluding carboxylic acids is 2. The Labute approximate surface area is 130 Å². The van der Waals surface area contributed by atoms with Crippen LogP contribution in [0.3, 0.4) is 0 Å². The minimum Gasteiger partial charge on any atom is -0.339 e. The molecule has 4 nitrogen and oxygen atoms in total. The van der Waals surface area contributed by atoms with E-state index >= 15 is 0 Å². The lowest BCUT2D eigenvalue weighted by atomic mass is 9.88. The minimum absolute atomic E-state index is 0.0517. The maximum absolute atomic E-state index is 12.8. The maximum atomic E-state index is 12.8. The van der Waals surface area contributed by atoms with E-state index in [0.29, 0.717) is 19.0 Å². The molecular formula is C16H24N2O2S. The van der Waals surface area contributed by atoms with E-state index in [0.717, 1.165) is 29.8 Å². The van der Waals surface area contributed by atoms with E-state index in [4.69, 9.17) is 0 Å². The molecule has 0 aliphatic heterocycles. The average molecular weight is 308 g/mol. The van der Waals surface area contributed by atoms with E-state index in [2.05, 4.69) is 12.2 Å². The fourth-order valence-corrected chi connectivity index (χ4v) is 4.34. The molecule has 116 valence electrons. The number of anilines is 1. The topological polar surface area (TPSA) is 49.4 Å². The van der Waals surface area contributed by atoms with Gasteiger partial charge in [0.25, 0.3) is 5.91 Å². The smallest absolute Gasteiger partial charge is 0.257 e. The number of amides is 2. The van der Waals surface area contributed by atoms with Crippen LogP contribution in [-0.2, 0) is 17.6 Å². The van der Waals surface area contributed by atoms with Crippen molar-refractivity contribution in [1.82, 2.24) is 4.90 Å². The average Bonchev–Trinajstić information content (AvgIpc) is 2.75. The number of hydrogen-bond donors (Lipinski definition) is 1. The van der Waals surface area contributed by atoms with Crippen molar-refractivity contribution in [3.05, 3.63) is 16.0 Å². The second-order valence-corrected chi connectivity index (χ2v) is 6.82. The molecule has 1 heterocycles. The van der Waals surface area contributed by atoms with Crippen molar-refractivity contribution in [3.8, 4) is 0 Å². The van der Waals surface area contributed by atoms with Gasteiger partial charge in [-0.2, -0.15) is 0 Å². The van der Waals surface area contributed by atoms with Gasteiger partial charge in [0, 0.05) is 24.9 Å². The summed E-state index contributed by atoms with van der Waals surface area (Å²) in [4.78, 5) is 27.3. The molecule has 0 saturated carbocycles. The Bertz CT molecular complexity index is 547. The van der Waals surface area contributed by atoms with Gasteiger partial charge in [0.05, 0.1) is 5.56 Å². The number of fused-ring (bicyclic) bond motifs is 1. The second kappa shape index (κ2) is 6.60. The fraction of sp³-hybridized carbons (Fsp3) is 0.625. The van der Waals surface area contributed by atoms with Crippen LogP contribution in [0.25, 0.3) is 0 Å². The van der Waals surface area contributed by atoms with Crippen LogP contribution in [0.5, 0.6) is 0 Å². The van der Waals surface area contributed by atoms with E-state index < -0.39 is 0 Å². The number of hydrogen-bond acceptors (Lipinski definition) is 3. The molecule has 1 atom stereocenters. The van der Waals surface area contributed by atoms with Gasteiger partial charge in [-0.1, -0.05) is 6.92 Å². The minimum atomic E-state index is -0.116. The number of thiophene rings is 1. The van der Waals surface area contributed by atoms with Crippen molar-refractivity contribution in [2.24, 2.45) is 5.92 Å². The molecule has 0 spiro atoms. The first-order valence-corrected chi connectivity index (χ1v) is 8.50. The molecule has 0 radical (unpaired) electrons. The highest BCUT2D eigenvalue weighted by Gasteiger charge is 2.29. The molecule has 0 bridgehead atoms. The fourth-order valence-electron chi connectivity index (χ4n) is 2.89. The number of nitrogens with one attached hydrogen (secondary N) is 1. The highest BCUT2D eigenvalue weighted by Crippen LogP contribution is 2.40. The first-order valence-electron chi connectivity index (χ1n) is 7.69. The molecule has 21 heavy (non-hydrogen) atoms. The summed E-state index contributed by atoms with van der Waals surface area (Å²) in [5.41, 5.74) is 1.90. The molecule has 2 amide bonds. The first-order chi connectivity index (χ1) is 9.97. The normalized spacial score (nSPS) is 17.2. The molecule has 1 N–H and O–H groups in total. The van der Waals surface area contributed by atoms with Crippen molar-refractivity contribution < 1.29 is 9.59 Å². The zero-order valence-electron chi connectivity index (χ0n) is 13.3. The molecule has 1 aromatic heterocycles. The summed E-state index contributed by atoms with van der Waals surface area (Å²) in [5.74, 6) is 0.587. The summed E-state index contributed by atoms with van der Waals surface area (Å²) >= 11 is 1.58. The molecule has 1 unspecified atom stereocenters. The van der Waals surface area contributed by atoms with Crippen LogP contribution in [0.2, 0.25) is 0 Å². The van der Waals surface area contributed by atoms with Gasteiger partial charge < -0.3 is 10.2 Å². The van der Waals surface area contributed by atoms with Gasteiger partial charge in [-0.15, -0.1) is 11.3 Å². The highest BCUT2D eigenvalue weighted by molar-refractivity contribution is 7.17. The largest absolute Gasteiger partial charge is 0.339 e. The van der Waals surface area contributed by atoms with Crippen LogP contribution in [0.15, 0.2) is 0 Å². The molecule has 0 fully saturated rings. The summed E-state index contributed by atoms with van der Waals surface area (Å²) in [6.45, 7) is 9.09. The molecule has 1 aliphatic carbocycles. The van der Waals surface area contributed by atoms with Crippen molar-refractivity contribution in [2.75, 3.05) is 18.4 Å².